The van der Waals surface area contributed by atoms with Gasteiger partial charge < -0.3 is 15.1 Å². The van der Waals surface area contributed by atoms with Gasteiger partial charge in [0.05, 0.1) is 22.5 Å². The van der Waals surface area contributed by atoms with Crippen LogP contribution in [-0.4, -0.2) is 42.9 Å². The van der Waals surface area contributed by atoms with E-state index in [0.717, 1.165) is 13.1 Å². The van der Waals surface area contributed by atoms with Crippen LogP contribution in [0.4, 0.5) is 11.4 Å². The van der Waals surface area contributed by atoms with Gasteiger partial charge in [0.25, 0.3) is 0 Å². The third-order valence-corrected chi connectivity index (χ3v) is 5.86. The molecule has 1 saturated heterocycles. The molecule has 28 heavy (non-hydrogen) atoms. The summed E-state index contributed by atoms with van der Waals surface area (Å²) in [5.41, 5.74) is 3.04. The molecule has 2 unspecified atom stereocenters. The van der Waals surface area contributed by atoms with Crippen molar-refractivity contribution in [2.45, 2.75) is 13.3 Å². The van der Waals surface area contributed by atoms with Crippen LogP contribution < -0.4 is 10.2 Å². The minimum Gasteiger partial charge on any atom is -0.368 e. The van der Waals surface area contributed by atoms with Crippen molar-refractivity contribution in [2.24, 2.45) is 11.8 Å². The molecule has 2 atom stereocenters. The van der Waals surface area contributed by atoms with Crippen LogP contribution >= 0.6 is 11.6 Å². The molecule has 2 aromatic carbocycles. The van der Waals surface area contributed by atoms with Crippen LogP contribution in [0.1, 0.15) is 12.0 Å². The topological polar surface area (TPSA) is 52.7 Å². The Morgan fingerprint density at radius 1 is 1.00 bits per heavy atom. The molecule has 1 aliphatic heterocycles. The molecule has 1 aliphatic carbocycles. The van der Waals surface area contributed by atoms with Gasteiger partial charge in [0, 0.05) is 31.9 Å². The second-order valence-electron chi connectivity index (χ2n) is 7.57. The number of nitrogens with one attached hydrogen (secondary N) is 1. The number of benzene rings is 2. The molecule has 2 aliphatic rings. The van der Waals surface area contributed by atoms with Gasteiger partial charge in [-0.15, -0.1) is 0 Å². The summed E-state index contributed by atoms with van der Waals surface area (Å²) in [4.78, 5) is 29.5. The van der Waals surface area contributed by atoms with E-state index in [-0.39, 0.29) is 23.7 Å². The number of rotatable bonds is 4. The summed E-state index contributed by atoms with van der Waals surface area (Å²) < 4.78 is 0. The number of hydrogen-bond acceptors (Lipinski definition) is 3. The standard InChI is InChI=1S/C22H24ClN3O2/c1-15-5-4-6-16(13-15)25-9-11-26(12-10-25)22(28)18-14-17(18)21(27)24-20-8-3-2-7-19(20)23/h2-8,13,17-18H,9-12,14H2,1H3,(H,24,27). The predicted octanol–water partition coefficient (Wildman–Crippen LogP) is 3.57. The Bertz CT molecular complexity index is 893. The Morgan fingerprint density at radius 3 is 2.46 bits per heavy atom. The number of carbonyl (C=O) groups is 2. The fraction of sp³-hybridized carbons (Fsp3) is 0.364. The molecular weight excluding hydrogens is 374 g/mol. The van der Waals surface area contributed by atoms with Crippen molar-refractivity contribution < 1.29 is 9.59 Å². The van der Waals surface area contributed by atoms with Gasteiger partial charge in [0.2, 0.25) is 11.8 Å². The lowest BCUT2D eigenvalue weighted by atomic mass is 10.2. The Balaban J connectivity index is 1.29. The Hall–Kier alpha value is -2.53. The molecule has 1 heterocycles. The summed E-state index contributed by atoms with van der Waals surface area (Å²) in [7, 11) is 0. The van der Waals surface area contributed by atoms with Gasteiger partial charge in [-0.25, -0.2) is 0 Å². The van der Waals surface area contributed by atoms with Crippen molar-refractivity contribution >= 4 is 34.8 Å². The molecule has 1 saturated carbocycles. The molecule has 5 nitrogen and oxygen atoms in total. The first kappa shape index (κ1) is 18.8. The van der Waals surface area contributed by atoms with E-state index in [4.69, 9.17) is 11.6 Å². The highest BCUT2D eigenvalue weighted by molar-refractivity contribution is 6.33. The maximum atomic E-state index is 12.8. The molecule has 6 heteroatoms. The summed E-state index contributed by atoms with van der Waals surface area (Å²) in [5.74, 6) is -0.473. The first-order valence-electron chi connectivity index (χ1n) is 9.69. The fourth-order valence-electron chi connectivity index (χ4n) is 3.79. The minimum absolute atomic E-state index is 0.100. The number of amides is 2. The number of hydrogen-bond donors (Lipinski definition) is 1. The lowest BCUT2D eigenvalue weighted by molar-refractivity contribution is -0.134. The minimum atomic E-state index is -0.251. The zero-order chi connectivity index (χ0) is 19.7. The van der Waals surface area contributed by atoms with Crippen molar-refractivity contribution in [3.05, 3.63) is 59.1 Å². The van der Waals surface area contributed by atoms with E-state index in [1.165, 1.54) is 11.3 Å². The van der Waals surface area contributed by atoms with Crippen molar-refractivity contribution in [1.29, 1.82) is 0 Å². The van der Waals surface area contributed by atoms with Crippen LogP contribution in [0.2, 0.25) is 5.02 Å². The molecule has 2 amide bonds. The highest BCUT2D eigenvalue weighted by Crippen LogP contribution is 2.41. The summed E-state index contributed by atoms with van der Waals surface area (Å²) in [6, 6.07) is 15.6. The zero-order valence-electron chi connectivity index (χ0n) is 15.9. The van der Waals surface area contributed by atoms with Crippen molar-refractivity contribution in [2.75, 3.05) is 36.4 Å². The summed E-state index contributed by atoms with van der Waals surface area (Å²) in [6.07, 6.45) is 0.618. The van der Waals surface area contributed by atoms with E-state index in [2.05, 4.69) is 41.4 Å². The number of carbonyl (C=O) groups excluding carboxylic acids is 2. The van der Waals surface area contributed by atoms with Crippen molar-refractivity contribution in [3.8, 4) is 0 Å². The third-order valence-electron chi connectivity index (χ3n) is 5.53. The average molecular weight is 398 g/mol. The van der Waals surface area contributed by atoms with E-state index >= 15 is 0 Å². The monoisotopic (exact) mass is 397 g/mol. The quantitative estimate of drug-likeness (QED) is 0.858. The first-order chi connectivity index (χ1) is 13.5. The van der Waals surface area contributed by atoms with Crippen LogP contribution in [-0.2, 0) is 9.59 Å². The van der Waals surface area contributed by atoms with E-state index < -0.39 is 0 Å². The molecule has 146 valence electrons. The molecule has 2 fully saturated rings. The van der Waals surface area contributed by atoms with E-state index in [0.29, 0.717) is 30.2 Å². The first-order valence-corrected chi connectivity index (χ1v) is 10.1. The molecule has 0 radical (unpaired) electrons. The molecule has 0 spiro atoms. The fourth-order valence-corrected chi connectivity index (χ4v) is 3.97. The van der Waals surface area contributed by atoms with E-state index in [1.54, 1.807) is 12.1 Å². The predicted molar refractivity (Wildman–Crippen MR) is 112 cm³/mol. The molecule has 0 aromatic heterocycles. The van der Waals surface area contributed by atoms with E-state index in [1.807, 2.05) is 17.0 Å². The largest absolute Gasteiger partial charge is 0.368 e. The molecular formula is C22H24ClN3O2. The molecule has 1 N–H and O–H groups in total. The van der Waals surface area contributed by atoms with Crippen LogP contribution in [0.15, 0.2) is 48.5 Å². The number of para-hydroxylation sites is 1. The number of piperazine rings is 1. The number of anilines is 2. The highest BCUT2D eigenvalue weighted by atomic mass is 35.5. The van der Waals surface area contributed by atoms with Gasteiger partial charge in [-0.2, -0.15) is 0 Å². The van der Waals surface area contributed by atoms with Gasteiger partial charge in [0.1, 0.15) is 0 Å². The lowest BCUT2D eigenvalue weighted by Crippen LogP contribution is -2.49. The number of aryl methyl sites for hydroxylation is 1. The number of halogens is 1. The Labute approximate surface area is 170 Å². The van der Waals surface area contributed by atoms with Crippen molar-refractivity contribution in [3.63, 3.8) is 0 Å². The van der Waals surface area contributed by atoms with E-state index in [9.17, 15) is 9.59 Å². The summed E-state index contributed by atoms with van der Waals surface area (Å²) >= 11 is 6.09. The Morgan fingerprint density at radius 2 is 1.75 bits per heavy atom. The molecule has 2 aromatic rings. The summed E-state index contributed by atoms with van der Waals surface area (Å²) in [6.45, 7) is 5.12. The maximum Gasteiger partial charge on any atom is 0.228 e. The van der Waals surface area contributed by atoms with Gasteiger partial charge in [-0.05, 0) is 43.2 Å². The van der Waals surface area contributed by atoms with Crippen LogP contribution in [0.5, 0.6) is 0 Å². The third kappa shape index (κ3) is 3.99. The lowest BCUT2D eigenvalue weighted by Gasteiger charge is -2.36. The van der Waals surface area contributed by atoms with Crippen LogP contribution in [0.3, 0.4) is 0 Å². The normalized spacial score (nSPS) is 21.4. The number of nitrogens with zero attached hydrogens (tertiary/aromatic N) is 2. The van der Waals surface area contributed by atoms with Crippen LogP contribution in [0, 0.1) is 18.8 Å². The van der Waals surface area contributed by atoms with Crippen LogP contribution in [0.25, 0.3) is 0 Å². The molecule has 0 bridgehead atoms. The van der Waals surface area contributed by atoms with Gasteiger partial charge >= 0.3 is 0 Å². The second-order valence-corrected chi connectivity index (χ2v) is 7.98. The summed E-state index contributed by atoms with van der Waals surface area (Å²) in [5, 5.41) is 3.35. The van der Waals surface area contributed by atoms with Gasteiger partial charge in [-0.3, -0.25) is 9.59 Å². The van der Waals surface area contributed by atoms with Crippen molar-refractivity contribution in [1.82, 2.24) is 4.90 Å². The molecule has 4 rings (SSSR count). The second kappa shape index (κ2) is 7.84. The smallest absolute Gasteiger partial charge is 0.228 e. The SMILES string of the molecule is Cc1cccc(N2CCN(C(=O)C3CC3C(=O)Nc3ccccc3Cl)CC2)c1. The maximum absolute atomic E-state index is 12.8. The zero-order valence-corrected chi connectivity index (χ0v) is 16.7. The average Bonchev–Trinajstić information content (AvgIpc) is 3.50. The van der Waals surface area contributed by atoms with Gasteiger partial charge in [0.15, 0.2) is 0 Å². The van der Waals surface area contributed by atoms with Gasteiger partial charge in [-0.1, -0.05) is 35.9 Å². The highest BCUT2D eigenvalue weighted by Gasteiger charge is 2.49. The Kier molecular flexibility index (Phi) is 5.27.